The molecule has 0 spiro atoms. The zero-order valence-corrected chi connectivity index (χ0v) is 40.1. The van der Waals surface area contributed by atoms with Gasteiger partial charge in [0, 0.05) is 6.92 Å². The highest BCUT2D eigenvalue weighted by Crippen LogP contribution is 2.36. The fraction of sp³-hybridized carbons (Fsp3) is 0.298. The Morgan fingerprint density at radius 2 is 0.944 bits per heavy atom. The Bertz CT molecular complexity index is 2640. The van der Waals surface area contributed by atoms with Crippen molar-refractivity contribution in [2.75, 3.05) is 13.7 Å². The van der Waals surface area contributed by atoms with Gasteiger partial charge in [-0.2, -0.15) is 0 Å². The van der Waals surface area contributed by atoms with Crippen LogP contribution in [0.3, 0.4) is 0 Å². The Kier molecular flexibility index (Phi) is 17.9. The minimum atomic E-state index is -1.54. The van der Waals surface area contributed by atoms with Crippen LogP contribution in [0.25, 0.3) is 0 Å². The lowest BCUT2D eigenvalue weighted by molar-refractivity contribution is -0.356. The first kappa shape index (κ1) is 51.1. The maximum Gasteiger partial charge on any atom is 0.338 e. The molecule has 6 aromatic carbocycles. The zero-order chi connectivity index (χ0) is 50.2. The van der Waals surface area contributed by atoms with Crippen molar-refractivity contribution in [2.45, 2.75) is 95.0 Å². The standard InChI is InChI=1S/C57H57NO14/c1-37-48(64-33-39-19-9-4-10-20-39)51(52(65-34-40-21-11-5-12-22-40)57(68-37)67-35-41-29-31-45(63-3)32-30-41)72-56-47(58-38(2)59)50(71-55(62)44-27-17-8-18-28-44)49(70-54(61)43-25-15-7-16-26-43)46(69-56)36-66-53(60)42-23-13-6-14-24-42/h4-32,37,46-52,56-57H,33-36H2,1-3H3,(H,58,59)/t37-,46+,47-,48-,49+,50+,51+,52+,56-,57+/m0/s1. The highest BCUT2D eigenvalue weighted by Gasteiger charge is 2.55. The SMILES string of the molecule is COc1ccc(CO[C@@H]2O[C@@H](C)[C@H](OCc3ccccc3)[C@@H](O[C@@H]3O[C@H](COC(=O)c4ccccc4)[C@@H](OC(=O)c4ccccc4)[C@H](OC(=O)c4ccccc4)[C@@H]3NC(C)=O)[C@H]2OCc2ccccc2)cc1. The van der Waals surface area contributed by atoms with Crippen LogP contribution >= 0.6 is 0 Å². The normalized spacial score (nSPS) is 23.8. The molecule has 0 aliphatic carbocycles. The van der Waals surface area contributed by atoms with Crippen molar-refractivity contribution in [1.82, 2.24) is 5.32 Å². The van der Waals surface area contributed by atoms with E-state index >= 15 is 0 Å². The van der Waals surface area contributed by atoms with Crippen molar-refractivity contribution in [3.8, 4) is 5.75 Å². The summed E-state index contributed by atoms with van der Waals surface area (Å²) in [6, 6.07) is 49.8. The summed E-state index contributed by atoms with van der Waals surface area (Å²) in [5, 5.41) is 2.89. The molecule has 10 atom stereocenters. The summed E-state index contributed by atoms with van der Waals surface area (Å²) < 4.78 is 64.6. The molecule has 1 amide bonds. The molecule has 8 rings (SSSR count). The van der Waals surface area contributed by atoms with Crippen LogP contribution in [0.1, 0.15) is 61.6 Å². The molecule has 374 valence electrons. The molecule has 1 N–H and O–H groups in total. The lowest BCUT2D eigenvalue weighted by atomic mass is 9.94. The predicted octanol–water partition coefficient (Wildman–Crippen LogP) is 8.05. The Balaban J connectivity index is 1.21. The van der Waals surface area contributed by atoms with E-state index in [-0.39, 0.29) is 36.5 Å². The number of rotatable bonds is 20. The van der Waals surface area contributed by atoms with Crippen molar-refractivity contribution >= 4 is 23.8 Å². The highest BCUT2D eigenvalue weighted by molar-refractivity contribution is 5.91. The van der Waals surface area contributed by atoms with Gasteiger partial charge in [0.15, 0.2) is 24.8 Å². The van der Waals surface area contributed by atoms with Crippen LogP contribution in [0.2, 0.25) is 0 Å². The van der Waals surface area contributed by atoms with E-state index in [0.717, 1.165) is 16.7 Å². The zero-order valence-electron chi connectivity index (χ0n) is 40.1. The van der Waals surface area contributed by atoms with E-state index in [1.807, 2.05) is 91.9 Å². The summed E-state index contributed by atoms with van der Waals surface area (Å²) in [5.41, 5.74) is 3.12. The van der Waals surface area contributed by atoms with Gasteiger partial charge in [-0.05, 0) is 72.1 Å². The third kappa shape index (κ3) is 13.6. The van der Waals surface area contributed by atoms with Crippen LogP contribution in [0.5, 0.6) is 5.75 Å². The molecule has 2 fully saturated rings. The molecule has 2 heterocycles. The molecule has 15 nitrogen and oxygen atoms in total. The second-order valence-electron chi connectivity index (χ2n) is 17.2. The molecule has 2 saturated heterocycles. The van der Waals surface area contributed by atoms with E-state index in [1.165, 1.54) is 6.92 Å². The van der Waals surface area contributed by atoms with E-state index < -0.39 is 91.8 Å². The van der Waals surface area contributed by atoms with Crippen molar-refractivity contribution in [3.05, 3.63) is 209 Å². The highest BCUT2D eigenvalue weighted by atomic mass is 16.8. The number of benzene rings is 6. The van der Waals surface area contributed by atoms with E-state index in [9.17, 15) is 19.2 Å². The third-order valence-corrected chi connectivity index (χ3v) is 12.1. The quantitative estimate of drug-likeness (QED) is 0.0575. The number of esters is 3. The van der Waals surface area contributed by atoms with Crippen molar-refractivity contribution < 1.29 is 66.5 Å². The summed E-state index contributed by atoms with van der Waals surface area (Å²) >= 11 is 0. The predicted molar refractivity (Wildman–Crippen MR) is 261 cm³/mol. The van der Waals surface area contributed by atoms with Gasteiger partial charge in [-0.3, -0.25) is 4.79 Å². The van der Waals surface area contributed by atoms with Crippen LogP contribution in [-0.2, 0) is 67.2 Å². The van der Waals surface area contributed by atoms with Gasteiger partial charge in [0.1, 0.15) is 42.8 Å². The van der Waals surface area contributed by atoms with Crippen molar-refractivity contribution in [2.24, 2.45) is 0 Å². The lowest BCUT2D eigenvalue weighted by Crippen LogP contribution is -2.69. The molecule has 0 bridgehead atoms. The second-order valence-corrected chi connectivity index (χ2v) is 17.2. The lowest BCUT2D eigenvalue weighted by Gasteiger charge is -2.49. The first-order valence-electron chi connectivity index (χ1n) is 23.7. The van der Waals surface area contributed by atoms with Gasteiger partial charge in [0.2, 0.25) is 5.91 Å². The fourth-order valence-electron chi connectivity index (χ4n) is 8.43. The Morgan fingerprint density at radius 3 is 1.46 bits per heavy atom. The van der Waals surface area contributed by atoms with E-state index in [4.69, 9.17) is 47.4 Å². The van der Waals surface area contributed by atoms with Crippen LogP contribution < -0.4 is 10.1 Å². The number of ether oxygens (including phenoxy) is 10. The van der Waals surface area contributed by atoms with Gasteiger partial charge in [-0.15, -0.1) is 0 Å². The smallest absolute Gasteiger partial charge is 0.338 e. The topological polar surface area (TPSA) is 173 Å². The monoisotopic (exact) mass is 979 g/mol. The first-order chi connectivity index (χ1) is 35.1. The number of amides is 1. The number of carbonyl (C=O) groups is 4. The second kappa shape index (κ2) is 25.2. The van der Waals surface area contributed by atoms with E-state index in [2.05, 4.69) is 5.32 Å². The number of nitrogens with one attached hydrogen (secondary N) is 1. The molecule has 15 heteroatoms. The molecule has 6 aromatic rings. The third-order valence-electron chi connectivity index (χ3n) is 12.1. The molecule has 2 aliphatic heterocycles. The molecule has 0 radical (unpaired) electrons. The van der Waals surface area contributed by atoms with Crippen LogP contribution in [0.4, 0.5) is 0 Å². The maximum absolute atomic E-state index is 14.2. The Labute approximate surface area is 418 Å². The molecule has 2 aliphatic rings. The first-order valence-corrected chi connectivity index (χ1v) is 23.7. The van der Waals surface area contributed by atoms with Crippen LogP contribution in [0.15, 0.2) is 176 Å². The van der Waals surface area contributed by atoms with Gasteiger partial charge >= 0.3 is 17.9 Å². The number of carbonyl (C=O) groups excluding carboxylic acids is 4. The van der Waals surface area contributed by atoms with E-state index in [0.29, 0.717) is 5.75 Å². The van der Waals surface area contributed by atoms with Gasteiger partial charge in [-0.25, -0.2) is 14.4 Å². The molecule has 0 unspecified atom stereocenters. The molecular formula is C57H57NO14. The summed E-state index contributed by atoms with van der Waals surface area (Å²) in [4.78, 5) is 55.3. The number of hydrogen-bond acceptors (Lipinski definition) is 14. The molecule has 0 aromatic heterocycles. The number of methoxy groups -OCH3 is 1. The molecule has 0 saturated carbocycles. The summed E-state index contributed by atoms with van der Waals surface area (Å²) in [7, 11) is 1.59. The van der Waals surface area contributed by atoms with Crippen molar-refractivity contribution in [3.63, 3.8) is 0 Å². The van der Waals surface area contributed by atoms with Crippen LogP contribution in [0, 0.1) is 0 Å². The average Bonchev–Trinajstić information content (AvgIpc) is 3.42. The maximum atomic E-state index is 14.2. The summed E-state index contributed by atoms with van der Waals surface area (Å²) in [5.74, 6) is -2.20. The minimum Gasteiger partial charge on any atom is -0.497 e. The number of hydrogen-bond donors (Lipinski definition) is 1. The van der Waals surface area contributed by atoms with Gasteiger partial charge in [-0.1, -0.05) is 127 Å². The van der Waals surface area contributed by atoms with Gasteiger partial charge < -0.3 is 52.7 Å². The average molecular weight is 980 g/mol. The van der Waals surface area contributed by atoms with Crippen LogP contribution in [-0.4, -0.2) is 98.9 Å². The van der Waals surface area contributed by atoms with Gasteiger partial charge in [0.05, 0.1) is 49.7 Å². The Morgan fingerprint density at radius 1 is 0.486 bits per heavy atom. The summed E-state index contributed by atoms with van der Waals surface area (Å²) in [6.45, 7) is 2.91. The molecular weight excluding hydrogens is 923 g/mol. The minimum absolute atomic E-state index is 0.0877. The van der Waals surface area contributed by atoms with E-state index in [1.54, 1.807) is 98.1 Å². The summed E-state index contributed by atoms with van der Waals surface area (Å²) in [6.07, 6.45) is -10.8. The molecule has 72 heavy (non-hydrogen) atoms. The van der Waals surface area contributed by atoms with Crippen molar-refractivity contribution in [1.29, 1.82) is 0 Å². The fourth-order valence-corrected chi connectivity index (χ4v) is 8.43. The Hall–Kier alpha value is -7.24. The largest absolute Gasteiger partial charge is 0.497 e. The van der Waals surface area contributed by atoms with Gasteiger partial charge in [0.25, 0.3) is 0 Å².